The summed E-state index contributed by atoms with van der Waals surface area (Å²) < 4.78 is 0. The Morgan fingerprint density at radius 1 is 1.15 bits per heavy atom. The number of fused-ring (bicyclic) bond motifs is 1. The van der Waals surface area contributed by atoms with Gasteiger partial charge in [0.05, 0.1) is 11.0 Å². The van der Waals surface area contributed by atoms with Gasteiger partial charge < -0.3 is 10.3 Å². The van der Waals surface area contributed by atoms with Crippen molar-refractivity contribution in [2.24, 2.45) is 0 Å². The van der Waals surface area contributed by atoms with Crippen molar-refractivity contribution in [1.82, 2.24) is 9.97 Å². The van der Waals surface area contributed by atoms with Gasteiger partial charge in [0.15, 0.2) is 5.78 Å². The molecule has 1 amide bonds. The van der Waals surface area contributed by atoms with Crippen molar-refractivity contribution in [3.63, 3.8) is 0 Å². The predicted molar refractivity (Wildman–Crippen MR) is 100 cm³/mol. The van der Waals surface area contributed by atoms with Gasteiger partial charge in [0.2, 0.25) is 5.91 Å². The molecule has 0 aliphatic carbocycles. The monoisotopic (exact) mass is 349 g/mol. The minimum absolute atomic E-state index is 0.0626. The van der Waals surface area contributed by atoms with E-state index in [2.05, 4.69) is 15.3 Å². The normalized spacial score (nSPS) is 10.7. The van der Waals surface area contributed by atoms with Crippen LogP contribution in [-0.4, -0.2) is 21.7 Å². The standard InChI is InChI=1S/C20H19N3O3/c1-12-7-8-14(13(2)24)11-18(12)22-19(25)10-9-17-20(26)23-16-6-4-3-5-15(16)21-17/h3-8,11H,9-10H2,1-2H3,(H,22,25)(H,23,26). The summed E-state index contributed by atoms with van der Waals surface area (Å²) in [6.45, 7) is 3.34. The second kappa shape index (κ2) is 7.31. The smallest absolute Gasteiger partial charge is 0.270 e. The summed E-state index contributed by atoms with van der Waals surface area (Å²) in [7, 11) is 0. The second-order valence-electron chi connectivity index (χ2n) is 6.16. The molecule has 6 nitrogen and oxygen atoms in total. The van der Waals surface area contributed by atoms with Crippen LogP contribution in [0.4, 0.5) is 5.69 Å². The Kier molecular flexibility index (Phi) is 4.93. The molecule has 0 saturated heterocycles. The lowest BCUT2D eigenvalue weighted by Crippen LogP contribution is -2.19. The molecule has 6 heteroatoms. The number of ketones is 1. The molecule has 0 saturated carbocycles. The largest absolute Gasteiger partial charge is 0.326 e. The van der Waals surface area contributed by atoms with Gasteiger partial charge in [-0.05, 0) is 37.6 Å². The van der Waals surface area contributed by atoms with E-state index in [0.29, 0.717) is 28.0 Å². The van der Waals surface area contributed by atoms with E-state index in [4.69, 9.17) is 0 Å². The molecule has 0 unspecified atom stereocenters. The van der Waals surface area contributed by atoms with E-state index >= 15 is 0 Å². The molecule has 0 aliphatic heterocycles. The summed E-state index contributed by atoms with van der Waals surface area (Å²) in [4.78, 5) is 43.0. The van der Waals surface area contributed by atoms with Gasteiger partial charge in [0, 0.05) is 24.1 Å². The molecule has 132 valence electrons. The molecule has 0 radical (unpaired) electrons. The van der Waals surface area contributed by atoms with E-state index in [9.17, 15) is 14.4 Å². The van der Waals surface area contributed by atoms with E-state index in [1.54, 1.807) is 24.3 Å². The van der Waals surface area contributed by atoms with Crippen LogP contribution in [0.2, 0.25) is 0 Å². The SMILES string of the molecule is CC(=O)c1ccc(C)c(NC(=O)CCc2nc3ccccc3[nH]c2=O)c1. The van der Waals surface area contributed by atoms with Crippen molar-refractivity contribution in [2.45, 2.75) is 26.7 Å². The van der Waals surface area contributed by atoms with Gasteiger partial charge in [-0.15, -0.1) is 0 Å². The van der Waals surface area contributed by atoms with Gasteiger partial charge in [-0.2, -0.15) is 0 Å². The fourth-order valence-electron chi connectivity index (χ4n) is 2.66. The number of benzene rings is 2. The average molecular weight is 349 g/mol. The first-order valence-electron chi connectivity index (χ1n) is 8.33. The molecule has 26 heavy (non-hydrogen) atoms. The number of nitrogens with zero attached hydrogens (tertiary/aromatic N) is 1. The van der Waals surface area contributed by atoms with Crippen LogP contribution < -0.4 is 10.9 Å². The van der Waals surface area contributed by atoms with Crippen molar-refractivity contribution in [1.29, 1.82) is 0 Å². The molecule has 2 aromatic carbocycles. The summed E-state index contributed by atoms with van der Waals surface area (Å²) in [5, 5.41) is 2.80. The number of rotatable bonds is 5. The highest BCUT2D eigenvalue weighted by molar-refractivity contribution is 5.97. The van der Waals surface area contributed by atoms with Crippen LogP contribution in [0.1, 0.15) is 35.0 Å². The number of carbonyl (C=O) groups is 2. The zero-order valence-corrected chi connectivity index (χ0v) is 14.6. The maximum Gasteiger partial charge on any atom is 0.270 e. The first kappa shape index (κ1) is 17.5. The van der Waals surface area contributed by atoms with Crippen molar-refractivity contribution in [2.75, 3.05) is 5.32 Å². The molecule has 1 heterocycles. The minimum atomic E-state index is -0.286. The molecular weight excluding hydrogens is 330 g/mol. The fourth-order valence-corrected chi connectivity index (χ4v) is 2.66. The minimum Gasteiger partial charge on any atom is -0.326 e. The van der Waals surface area contributed by atoms with Crippen LogP contribution >= 0.6 is 0 Å². The summed E-state index contributed by atoms with van der Waals surface area (Å²) in [6.07, 6.45) is 0.357. The lowest BCUT2D eigenvalue weighted by molar-refractivity contribution is -0.116. The fraction of sp³-hybridized carbons (Fsp3) is 0.200. The number of aryl methyl sites for hydroxylation is 2. The van der Waals surface area contributed by atoms with Gasteiger partial charge in [-0.25, -0.2) is 4.98 Å². The summed E-state index contributed by atoms with van der Waals surface area (Å²) in [5.74, 6) is -0.296. The maximum absolute atomic E-state index is 12.3. The van der Waals surface area contributed by atoms with Crippen molar-refractivity contribution < 1.29 is 9.59 Å². The molecule has 0 atom stereocenters. The van der Waals surface area contributed by atoms with Crippen LogP contribution in [0.3, 0.4) is 0 Å². The van der Waals surface area contributed by atoms with Gasteiger partial charge in [-0.1, -0.05) is 24.3 Å². The Morgan fingerprint density at radius 3 is 2.69 bits per heavy atom. The number of hydrogen-bond donors (Lipinski definition) is 2. The Hall–Kier alpha value is -3.28. The lowest BCUT2D eigenvalue weighted by atomic mass is 10.1. The number of hydrogen-bond acceptors (Lipinski definition) is 4. The molecule has 3 aromatic rings. The van der Waals surface area contributed by atoms with Gasteiger partial charge >= 0.3 is 0 Å². The number of aromatic nitrogens is 2. The molecule has 1 aromatic heterocycles. The van der Waals surface area contributed by atoms with Gasteiger partial charge in [-0.3, -0.25) is 14.4 Å². The Morgan fingerprint density at radius 2 is 1.92 bits per heavy atom. The number of Topliss-reactive ketones (excluding diaryl/α,β-unsaturated/α-hetero) is 1. The predicted octanol–water partition coefficient (Wildman–Crippen LogP) is 3.01. The quantitative estimate of drug-likeness (QED) is 0.693. The van der Waals surface area contributed by atoms with E-state index in [1.165, 1.54) is 6.92 Å². The summed E-state index contributed by atoms with van der Waals surface area (Å²) in [5.41, 5.74) is 3.40. The molecule has 2 N–H and O–H groups in total. The Labute approximate surface area is 150 Å². The number of nitrogens with one attached hydrogen (secondary N) is 2. The number of H-pyrrole nitrogens is 1. The Balaban J connectivity index is 1.72. The highest BCUT2D eigenvalue weighted by atomic mass is 16.1. The van der Waals surface area contributed by atoms with Crippen molar-refractivity contribution in [3.8, 4) is 0 Å². The second-order valence-corrected chi connectivity index (χ2v) is 6.16. The molecule has 0 bridgehead atoms. The highest BCUT2D eigenvalue weighted by Crippen LogP contribution is 2.18. The van der Waals surface area contributed by atoms with E-state index in [0.717, 1.165) is 5.56 Å². The van der Waals surface area contributed by atoms with Crippen LogP contribution in [0.25, 0.3) is 11.0 Å². The molecular formula is C20H19N3O3. The number of amides is 1. The lowest BCUT2D eigenvalue weighted by Gasteiger charge is -2.09. The van der Waals surface area contributed by atoms with Gasteiger partial charge in [0.1, 0.15) is 5.69 Å². The average Bonchev–Trinajstić information content (AvgIpc) is 2.61. The topological polar surface area (TPSA) is 91.9 Å². The van der Waals surface area contributed by atoms with Crippen molar-refractivity contribution in [3.05, 3.63) is 69.6 Å². The first-order chi connectivity index (χ1) is 12.4. The van der Waals surface area contributed by atoms with Crippen molar-refractivity contribution >= 4 is 28.4 Å². The third-order valence-electron chi connectivity index (χ3n) is 4.18. The van der Waals surface area contributed by atoms with E-state index in [1.807, 2.05) is 25.1 Å². The van der Waals surface area contributed by atoms with Gasteiger partial charge in [0.25, 0.3) is 5.56 Å². The third kappa shape index (κ3) is 3.85. The van der Waals surface area contributed by atoms with Crippen LogP contribution in [0.5, 0.6) is 0 Å². The number of carbonyl (C=O) groups excluding carboxylic acids is 2. The first-order valence-corrected chi connectivity index (χ1v) is 8.33. The maximum atomic E-state index is 12.3. The molecule has 0 spiro atoms. The Bertz CT molecular complexity index is 1050. The summed E-state index contributed by atoms with van der Waals surface area (Å²) >= 11 is 0. The zero-order valence-electron chi connectivity index (χ0n) is 14.6. The van der Waals surface area contributed by atoms with E-state index in [-0.39, 0.29) is 30.1 Å². The van der Waals surface area contributed by atoms with Crippen LogP contribution in [-0.2, 0) is 11.2 Å². The summed E-state index contributed by atoms with van der Waals surface area (Å²) in [6, 6.07) is 12.4. The molecule has 0 aliphatic rings. The highest BCUT2D eigenvalue weighted by Gasteiger charge is 2.11. The molecule has 0 fully saturated rings. The van der Waals surface area contributed by atoms with Crippen LogP contribution in [0, 0.1) is 6.92 Å². The third-order valence-corrected chi connectivity index (χ3v) is 4.18. The number of aromatic amines is 1. The van der Waals surface area contributed by atoms with Crippen LogP contribution in [0.15, 0.2) is 47.3 Å². The number of anilines is 1. The zero-order chi connectivity index (χ0) is 18.7. The number of para-hydroxylation sites is 2. The van der Waals surface area contributed by atoms with E-state index < -0.39 is 0 Å². The molecule has 3 rings (SSSR count).